The number of anilines is 1. The second-order valence-electron chi connectivity index (χ2n) is 9.28. The van der Waals surface area contributed by atoms with Gasteiger partial charge in [0.15, 0.2) is 16.6 Å². The predicted octanol–water partition coefficient (Wildman–Crippen LogP) is -3.28. The predicted molar refractivity (Wildman–Crippen MR) is 147 cm³/mol. The lowest BCUT2D eigenvalue weighted by atomic mass is 10.1. The van der Waals surface area contributed by atoms with Crippen molar-refractivity contribution in [3.8, 4) is 5.75 Å². The van der Waals surface area contributed by atoms with Gasteiger partial charge in [0.05, 0.1) is 6.54 Å². The molecule has 1 saturated heterocycles. The lowest BCUT2D eigenvalue weighted by Crippen LogP contribution is -2.68. The number of thiazole rings is 1. The van der Waals surface area contributed by atoms with Crippen LogP contribution in [0.5, 0.6) is 5.75 Å². The van der Waals surface area contributed by atoms with E-state index in [1.54, 1.807) is 0 Å². The number of aliphatic carboxylic acids is 2. The van der Waals surface area contributed by atoms with E-state index >= 15 is 0 Å². The van der Waals surface area contributed by atoms with Crippen LogP contribution < -0.4 is 26.0 Å². The summed E-state index contributed by atoms with van der Waals surface area (Å²) < 4.78 is 26.4. The number of nitrogens with zero attached hydrogens (tertiary/aromatic N) is 4. The molecule has 1 aliphatic heterocycles. The summed E-state index contributed by atoms with van der Waals surface area (Å²) in [6.45, 7) is 0.412. The van der Waals surface area contributed by atoms with Gasteiger partial charge in [-0.25, -0.2) is 24.3 Å². The van der Waals surface area contributed by atoms with Crippen LogP contribution in [0.25, 0.3) is 0 Å². The van der Waals surface area contributed by atoms with Gasteiger partial charge in [-0.05, 0) is 13.8 Å². The lowest BCUT2D eigenvalue weighted by molar-refractivity contribution is -0.161. The van der Waals surface area contributed by atoms with Crippen LogP contribution >= 0.6 is 11.3 Å². The molecule has 3 rings (SSSR count). The number of imide groups is 1. The summed E-state index contributed by atoms with van der Waals surface area (Å²) in [6, 6.07) is -2.40. The highest BCUT2D eigenvalue weighted by atomic mass is 32.2. The summed E-state index contributed by atoms with van der Waals surface area (Å²) in [7, 11) is -5.09. The third kappa shape index (κ3) is 8.27. The number of rotatable bonds is 12. The minimum Gasteiger partial charge on any atom is -0.503 e. The van der Waals surface area contributed by atoms with Crippen molar-refractivity contribution in [2.45, 2.75) is 25.5 Å². The fourth-order valence-corrected chi connectivity index (χ4v) is 4.47. The van der Waals surface area contributed by atoms with E-state index in [0.29, 0.717) is 17.2 Å². The number of urea groups is 1. The van der Waals surface area contributed by atoms with E-state index in [0.717, 1.165) is 25.2 Å². The van der Waals surface area contributed by atoms with Gasteiger partial charge in [-0.15, -0.1) is 16.2 Å². The van der Waals surface area contributed by atoms with Gasteiger partial charge >= 0.3 is 28.2 Å². The zero-order chi connectivity index (χ0) is 33.9. The van der Waals surface area contributed by atoms with Gasteiger partial charge in [-0.1, -0.05) is 5.16 Å². The number of nitrogens with one attached hydrogen (secondary N) is 4. The quantitative estimate of drug-likeness (QED) is 0.0622. The summed E-state index contributed by atoms with van der Waals surface area (Å²) in [4.78, 5) is 97.5. The van der Waals surface area contributed by atoms with Crippen molar-refractivity contribution < 1.29 is 57.3 Å². The summed E-state index contributed by atoms with van der Waals surface area (Å²) in [5.41, 5.74) is 1.31. The number of hydrogen-bond donors (Lipinski definition) is 8. The van der Waals surface area contributed by atoms with Crippen LogP contribution in [0.1, 0.15) is 30.0 Å². The zero-order valence-electron chi connectivity index (χ0n) is 22.8. The third-order valence-electron chi connectivity index (χ3n) is 5.45. The number of oxime groups is 1. The number of aromatic amines is 1. The first-order valence-electron chi connectivity index (χ1n) is 11.9. The molecule has 0 saturated carbocycles. The van der Waals surface area contributed by atoms with E-state index in [-0.39, 0.29) is 15.8 Å². The number of nitrogen functional groups attached to an aromatic ring is 1. The van der Waals surface area contributed by atoms with Crippen molar-refractivity contribution in [3.63, 3.8) is 0 Å². The van der Waals surface area contributed by atoms with E-state index < -0.39 is 93.2 Å². The van der Waals surface area contributed by atoms with E-state index in [1.807, 2.05) is 0 Å². The largest absolute Gasteiger partial charge is 0.503 e. The fraction of sp³-hybridized carbons (Fsp3) is 0.286. The Balaban J connectivity index is 1.68. The molecule has 2 aromatic rings. The normalized spacial score (nSPS) is 15.1. The average Bonchev–Trinajstić information content (AvgIpc) is 3.35. The number of carbonyl (C=O) groups is 6. The standard InChI is InChI=1S/C21H23N9O13S2/c1-21(2,18(38)39)43-26-14(10-7-44-19(22)25-10)15(35)24-9-5-29(16(9)36)20(40)27-45(41,42)28-30(6-13(33)34)17(37)8-3-11(31)12(32)4-23-8/h3-4,7,9,28,32H,5-6H2,1-2H3,(H2,22,25)(H,23,31)(H,24,35)(H,27,40)(H,33,34)(H,38,39)/t9-/m0/s1. The van der Waals surface area contributed by atoms with Gasteiger partial charge in [-0.3, -0.25) is 28.9 Å². The number of nitrogens with two attached hydrogens (primary N) is 1. The summed E-state index contributed by atoms with van der Waals surface area (Å²) >= 11 is 0.908. The van der Waals surface area contributed by atoms with Crippen molar-refractivity contribution in [3.05, 3.63) is 39.3 Å². The van der Waals surface area contributed by atoms with Crippen molar-refractivity contribution >= 4 is 68.1 Å². The molecule has 0 aromatic carbocycles. The molecule has 5 amide bonds. The first kappa shape index (κ1) is 33.9. The molecule has 242 valence electrons. The molecule has 9 N–H and O–H groups in total. The first-order valence-corrected chi connectivity index (χ1v) is 14.3. The SMILES string of the molecule is CC(C)(ON=C(C(=O)N[C@H]1CN(C(=O)NS(=O)(=O)NN(CC(=O)O)C(=O)c2cc(=O)c(O)c[nH]2)C1=O)c1csc(N)n1)C(=O)O. The molecule has 3 heterocycles. The minimum absolute atomic E-state index is 0.00102. The number of hydrogen-bond acceptors (Lipinski definition) is 15. The molecule has 0 aliphatic carbocycles. The van der Waals surface area contributed by atoms with Gasteiger partial charge in [-0.2, -0.15) is 8.42 Å². The first-order chi connectivity index (χ1) is 20.8. The van der Waals surface area contributed by atoms with Crippen molar-refractivity contribution in [1.82, 2.24) is 34.7 Å². The van der Waals surface area contributed by atoms with E-state index in [4.69, 9.17) is 15.7 Å². The Bertz CT molecular complexity index is 1770. The summed E-state index contributed by atoms with van der Waals surface area (Å²) in [6.07, 6.45) is 0.695. The molecule has 24 heteroatoms. The highest BCUT2D eigenvalue weighted by Crippen LogP contribution is 2.17. The maximum Gasteiger partial charge on any atom is 0.350 e. The van der Waals surface area contributed by atoms with Crippen molar-refractivity contribution in [1.29, 1.82) is 0 Å². The molecular formula is C21H23N9O13S2. The maximum atomic E-state index is 12.9. The molecule has 45 heavy (non-hydrogen) atoms. The van der Waals surface area contributed by atoms with E-state index in [1.165, 1.54) is 14.9 Å². The number of hydrazine groups is 1. The number of likely N-dealkylation sites (tertiary alicyclic amines) is 1. The second kappa shape index (κ2) is 12.9. The Morgan fingerprint density at radius 1 is 1.27 bits per heavy atom. The van der Waals surface area contributed by atoms with E-state index in [9.17, 15) is 52.2 Å². The Hall–Kier alpha value is -5.62. The van der Waals surface area contributed by atoms with Gasteiger partial charge in [0.2, 0.25) is 11.0 Å². The number of carboxylic acid groups (broad SMARTS) is 2. The molecule has 0 bridgehead atoms. The van der Waals surface area contributed by atoms with Crippen LogP contribution in [0.15, 0.2) is 27.6 Å². The topological polar surface area (TPSA) is 333 Å². The van der Waals surface area contributed by atoms with Gasteiger partial charge in [0, 0.05) is 17.6 Å². The van der Waals surface area contributed by atoms with Gasteiger partial charge in [0.1, 0.15) is 24.0 Å². The Morgan fingerprint density at radius 3 is 2.47 bits per heavy atom. The molecule has 0 radical (unpaired) electrons. The molecule has 0 unspecified atom stereocenters. The van der Waals surface area contributed by atoms with Crippen molar-refractivity contribution in [2.75, 3.05) is 18.8 Å². The maximum absolute atomic E-state index is 12.9. The van der Waals surface area contributed by atoms with Crippen molar-refractivity contribution in [2.24, 2.45) is 5.16 Å². The molecule has 0 spiro atoms. The number of carboxylic acids is 2. The molecule has 1 atom stereocenters. The number of aromatic hydroxyl groups is 1. The Kier molecular flexibility index (Phi) is 9.74. The Morgan fingerprint density at radius 2 is 1.93 bits per heavy atom. The second-order valence-corrected chi connectivity index (χ2v) is 11.6. The van der Waals surface area contributed by atoms with Gasteiger partial charge < -0.3 is 36.2 Å². The molecule has 2 aromatic heterocycles. The van der Waals surface area contributed by atoms with Crippen LogP contribution in [0.3, 0.4) is 0 Å². The molecule has 1 aliphatic rings. The van der Waals surface area contributed by atoms with E-state index in [2.05, 4.69) is 20.4 Å². The number of pyridine rings is 1. The van der Waals surface area contributed by atoms with Crippen LogP contribution in [-0.2, 0) is 34.2 Å². The zero-order valence-corrected chi connectivity index (χ0v) is 24.5. The molecule has 1 fully saturated rings. The summed E-state index contributed by atoms with van der Waals surface area (Å²) in [5.74, 6) is -7.52. The minimum atomic E-state index is -5.09. The number of amides is 5. The Labute approximate surface area is 254 Å². The monoisotopic (exact) mass is 673 g/mol. The highest BCUT2D eigenvalue weighted by molar-refractivity contribution is 7.88. The van der Waals surface area contributed by atoms with Crippen LogP contribution in [-0.4, -0.2) is 110 Å². The summed E-state index contributed by atoms with van der Waals surface area (Å²) in [5, 5.41) is 34.6. The van der Waals surface area contributed by atoms with Gasteiger partial charge in [0.25, 0.3) is 17.7 Å². The van der Waals surface area contributed by atoms with Crippen LogP contribution in [0.2, 0.25) is 0 Å². The lowest BCUT2D eigenvalue weighted by Gasteiger charge is -2.36. The highest BCUT2D eigenvalue weighted by Gasteiger charge is 2.44. The molecular weight excluding hydrogens is 650 g/mol. The number of carbonyl (C=O) groups excluding carboxylic acids is 4. The number of H-pyrrole nitrogens is 1. The fourth-order valence-electron chi connectivity index (χ4n) is 3.09. The van der Waals surface area contributed by atoms with Crippen LogP contribution in [0, 0.1) is 0 Å². The average molecular weight is 674 g/mol. The molecule has 22 nitrogen and oxygen atoms in total. The smallest absolute Gasteiger partial charge is 0.350 e. The number of β-lactam (4-membered cyclic amide) rings is 1. The third-order valence-corrected chi connectivity index (χ3v) is 7.03. The number of aromatic nitrogens is 2. The van der Waals surface area contributed by atoms with Crippen LogP contribution in [0.4, 0.5) is 9.93 Å².